The molecule has 74 valence electrons. The minimum absolute atomic E-state index is 0.499. The lowest BCUT2D eigenvalue weighted by molar-refractivity contribution is 0.170. The molecule has 5 heteroatoms. The lowest BCUT2D eigenvalue weighted by Crippen LogP contribution is -2.03. The molecule has 0 amide bonds. The number of anilines is 1. The summed E-state index contributed by atoms with van der Waals surface area (Å²) in [5.74, 6) is 0.499. The number of hydrogen-bond donors (Lipinski definition) is 1. The predicted octanol–water partition coefficient (Wildman–Crippen LogP) is 0.418. The molecule has 1 aromatic rings. The number of nitrogen functional groups attached to an aromatic ring is 1. The van der Waals surface area contributed by atoms with Gasteiger partial charge in [0.25, 0.3) is 5.88 Å². The molecular formula is C8H15N3O2. The van der Waals surface area contributed by atoms with Gasteiger partial charge in [0.05, 0.1) is 12.8 Å². The summed E-state index contributed by atoms with van der Waals surface area (Å²) >= 11 is 0. The van der Waals surface area contributed by atoms with E-state index < -0.39 is 0 Å². The Labute approximate surface area is 77.4 Å². The number of rotatable bonds is 5. The summed E-state index contributed by atoms with van der Waals surface area (Å²) in [6.07, 6.45) is 2.55. The van der Waals surface area contributed by atoms with Crippen molar-refractivity contribution in [2.45, 2.75) is 6.42 Å². The van der Waals surface area contributed by atoms with E-state index in [2.05, 4.69) is 5.10 Å². The Hall–Kier alpha value is -1.23. The second kappa shape index (κ2) is 4.71. The van der Waals surface area contributed by atoms with Crippen molar-refractivity contribution >= 4 is 5.69 Å². The van der Waals surface area contributed by atoms with Gasteiger partial charge in [0.2, 0.25) is 0 Å². The first-order valence-electron chi connectivity index (χ1n) is 4.15. The van der Waals surface area contributed by atoms with E-state index in [-0.39, 0.29) is 0 Å². The molecule has 0 bridgehead atoms. The van der Waals surface area contributed by atoms with Gasteiger partial charge >= 0.3 is 0 Å². The highest BCUT2D eigenvalue weighted by Crippen LogP contribution is 2.16. The van der Waals surface area contributed by atoms with Crippen molar-refractivity contribution in [3.63, 3.8) is 0 Å². The topological polar surface area (TPSA) is 62.3 Å². The predicted molar refractivity (Wildman–Crippen MR) is 49.6 cm³/mol. The molecule has 1 aromatic heterocycles. The molecule has 0 atom stereocenters. The molecule has 5 nitrogen and oxygen atoms in total. The summed E-state index contributed by atoms with van der Waals surface area (Å²) in [5.41, 5.74) is 6.19. The molecular weight excluding hydrogens is 170 g/mol. The van der Waals surface area contributed by atoms with Gasteiger partial charge in [-0.25, -0.2) is 0 Å². The minimum Gasteiger partial charge on any atom is -0.475 e. The van der Waals surface area contributed by atoms with Crippen LogP contribution in [-0.2, 0) is 11.8 Å². The zero-order valence-electron chi connectivity index (χ0n) is 7.99. The largest absolute Gasteiger partial charge is 0.475 e. The van der Waals surface area contributed by atoms with E-state index >= 15 is 0 Å². The Morgan fingerprint density at radius 3 is 2.85 bits per heavy atom. The highest BCUT2D eigenvalue weighted by atomic mass is 16.5. The second-order valence-electron chi connectivity index (χ2n) is 2.76. The van der Waals surface area contributed by atoms with E-state index in [1.165, 1.54) is 0 Å². The third-order valence-electron chi connectivity index (χ3n) is 1.55. The van der Waals surface area contributed by atoms with E-state index in [9.17, 15) is 0 Å². The molecule has 0 saturated carbocycles. The number of methoxy groups -OCH3 is 1. The number of aryl methyl sites for hydroxylation is 1. The molecule has 0 aliphatic carbocycles. The van der Waals surface area contributed by atoms with Crippen LogP contribution in [0.25, 0.3) is 0 Å². The van der Waals surface area contributed by atoms with Gasteiger partial charge in [0, 0.05) is 27.2 Å². The van der Waals surface area contributed by atoms with Crippen molar-refractivity contribution in [3.05, 3.63) is 6.20 Å². The Balaban J connectivity index is 2.32. The molecule has 1 rings (SSSR count). The van der Waals surface area contributed by atoms with E-state index in [0.29, 0.717) is 24.8 Å². The number of nitrogens with zero attached hydrogens (tertiary/aromatic N) is 2. The first-order chi connectivity index (χ1) is 6.24. The fraction of sp³-hybridized carbons (Fsp3) is 0.625. The van der Waals surface area contributed by atoms with Gasteiger partial charge in [-0.05, 0) is 0 Å². The number of nitrogens with two attached hydrogens (primary N) is 1. The number of ether oxygens (including phenoxy) is 2. The third kappa shape index (κ3) is 2.95. The Bertz CT molecular complexity index is 260. The van der Waals surface area contributed by atoms with Crippen molar-refractivity contribution in [2.24, 2.45) is 7.05 Å². The summed E-state index contributed by atoms with van der Waals surface area (Å²) in [7, 11) is 3.47. The molecule has 0 unspecified atom stereocenters. The van der Waals surface area contributed by atoms with E-state index in [4.69, 9.17) is 15.2 Å². The molecule has 0 spiro atoms. The molecule has 0 aliphatic heterocycles. The molecule has 13 heavy (non-hydrogen) atoms. The molecule has 0 radical (unpaired) electrons. The fourth-order valence-corrected chi connectivity index (χ4v) is 0.971. The first kappa shape index (κ1) is 9.85. The molecule has 2 N–H and O–H groups in total. The van der Waals surface area contributed by atoms with E-state index in [1.807, 2.05) is 0 Å². The van der Waals surface area contributed by atoms with Gasteiger partial charge in [-0.15, -0.1) is 5.10 Å². The summed E-state index contributed by atoms with van der Waals surface area (Å²) in [4.78, 5) is 0. The Kier molecular flexibility index (Phi) is 3.57. The average molecular weight is 185 g/mol. The van der Waals surface area contributed by atoms with Gasteiger partial charge < -0.3 is 15.2 Å². The van der Waals surface area contributed by atoms with Crippen LogP contribution in [-0.4, -0.2) is 30.1 Å². The summed E-state index contributed by atoms with van der Waals surface area (Å²) in [6.45, 7) is 1.27. The van der Waals surface area contributed by atoms with Crippen molar-refractivity contribution in [2.75, 3.05) is 26.1 Å². The minimum atomic E-state index is 0.499. The normalized spacial score (nSPS) is 10.3. The Morgan fingerprint density at radius 1 is 1.54 bits per heavy atom. The standard InChI is InChI=1S/C8H15N3O2/c1-11-6-7(9)8(10-11)13-5-3-4-12-2/h6H,3-5,9H2,1-2H3. The van der Waals surface area contributed by atoms with E-state index in [0.717, 1.165) is 6.42 Å². The van der Waals surface area contributed by atoms with Gasteiger partial charge in [-0.3, -0.25) is 4.68 Å². The Morgan fingerprint density at radius 2 is 2.31 bits per heavy atom. The van der Waals surface area contributed by atoms with Crippen LogP contribution in [0.5, 0.6) is 5.88 Å². The SMILES string of the molecule is COCCCOc1nn(C)cc1N. The maximum atomic E-state index is 5.62. The van der Waals surface area contributed by atoms with Crippen LogP contribution in [0.4, 0.5) is 5.69 Å². The van der Waals surface area contributed by atoms with Crippen molar-refractivity contribution < 1.29 is 9.47 Å². The smallest absolute Gasteiger partial charge is 0.256 e. The summed E-state index contributed by atoms with van der Waals surface area (Å²) < 4.78 is 11.8. The molecule has 0 fully saturated rings. The van der Waals surface area contributed by atoms with Crippen molar-refractivity contribution in [3.8, 4) is 5.88 Å². The lowest BCUT2D eigenvalue weighted by atomic mass is 10.5. The fourth-order valence-electron chi connectivity index (χ4n) is 0.971. The third-order valence-corrected chi connectivity index (χ3v) is 1.55. The highest BCUT2D eigenvalue weighted by Gasteiger charge is 2.03. The van der Waals surface area contributed by atoms with Crippen LogP contribution in [0, 0.1) is 0 Å². The maximum absolute atomic E-state index is 5.62. The van der Waals surface area contributed by atoms with Crippen LogP contribution in [0.2, 0.25) is 0 Å². The summed E-state index contributed by atoms with van der Waals surface area (Å²) in [5, 5.41) is 4.04. The maximum Gasteiger partial charge on any atom is 0.256 e. The van der Waals surface area contributed by atoms with E-state index in [1.54, 1.807) is 25.0 Å². The first-order valence-corrected chi connectivity index (χ1v) is 4.15. The molecule has 0 saturated heterocycles. The average Bonchev–Trinajstić information content (AvgIpc) is 2.39. The number of hydrogen-bond acceptors (Lipinski definition) is 4. The quantitative estimate of drug-likeness (QED) is 0.675. The van der Waals surface area contributed by atoms with Crippen LogP contribution < -0.4 is 10.5 Å². The second-order valence-corrected chi connectivity index (χ2v) is 2.76. The molecule has 0 aliphatic rings. The van der Waals surface area contributed by atoms with Crippen LogP contribution in [0.1, 0.15) is 6.42 Å². The van der Waals surface area contributed by atoms with Crippen LogP contribution in [0.3, 0.4) is 0 Å². The van der Waals surface area contributed by atoms with Crippen molar-refractivity contribution in [1.29, 1.82) is 0 Å². The zero-order valence-corrected chi connectivity index (χ0v) is 7.99. The van der Waals surface area contributed by atoms with Gasteiger partial charge in [-0.2, -0.15) is 0 Å². The number of aromatic nitrogens is 2. The lowest BCUT2D eigenvalue weighted by Gasteiger charge is -2.02. The molecule has 0 aromatic carbocycles. The van der Waals surface area contributed by atoms with Gasteiger partial charge in [0.1, 0.15) is 5.69 Å². The molecule has 1 heterocycles. The monoisotopic (exact) mass is 185 g/mol. The van der Waals surface area contributed by atoms with Gasteiger partial charge in [0.15, 0.2) is 0 Å². The zero-order chi connectivity index (χ0) is 9.68. The van der Waals surface area contributed by atoms with Crippen LogP contribution in [0.15, 0.2) is 6.20 Å². The van der Waals surface area contributed by atoms with Crippen molar-refractivity contribution in [1.82, 2.24) is 9.78 Å². The van der Waals surface area contributed by atoms with Gasteiger partial charge in [-0.1, -0.05) is 0 Å². The van der Waals surface area contributed by atoms with Crippen LogP contribution >= 0.6 is 0 Å². The summed E-state index contributed by atoms with van der Waals surface area (Å²) in [6, 6.07) is 0. The highest BCUT2D eigenvalue weighted by molar-refractivity contribution is 5.45.